The molecule has 0 saturated carbocycles. The molecule has 0 bridgehead atoms. The summed E-state index contributed by atoms with van der Waals surface area (Å²) < 4.78 is 11.1. The molecule has 1 unspecified atom stereocenters. The molecule has 1 aromatic carbocycles. The second-order valence-corrected chi connectivity index (χ2v) is 3.83. The fourth-order valence-corrected chi connectivity index (χ4v) is 1.54. The van der Waals surface area contributed by atoms with Gasteiger partial charge in [-0.3, -0.25) is 0 Å². The number of hydrogen-bond acceptors (Lipinski definition) is 2. The number of rotatable bonds is 2. The van der Waals surface area contributed by atoms with Crippen LogP contribution in [0.25, 0.3) is 0 Å². The molecule has 0 aliphatic carbocycles. The Morgan fingerprint density at radius 1 is 1.30 bits per heavy atom. The third-order valence-electron chi connectivity index (χ3n) is 1.28. The normalized spacial score (nSPS) is 12.9. The zero-order chi connectivity index (χ0) is 7.40. The number of hydrogen-bond donors (Lipinski definition) is 1. The van der Waals surface area contributed by atoms with Crippen LogP contribution in [0.15, 0.2) is 30.3 Å². The minimum absolute atomic E-state index is 0.272. The fourth-order valence-electron chi connectivity index (χ4n) is 0.742. The molecule has 0 aliphatic heterocycles. The van der Waals surface area contributed by atoms with Crippen LogP contribution in [0.2, 0.25) is 0 Å². The van der Waals surface area contributed by atoms with Crippen LogP contribution in [0, 0.1) is 0 Å². The van der Waals surface area contributed by atoms with E-state index >= 15 is 0 Å². The fraction of sp³-hybridized carbons (Fsp3) is 0.143. The third kappa shape index (κ3) is 1.69. The predicted molar refractivity (Wildman–Crippen MR) is 44.1 cm³/mol. The highest BCUT2D eigenvalue weighted by Crippen LogP contribution is 2.14. The molecule has 3 heteroatoms. The minimum atomic E-state index is -1.68. The summed E-state index contributed by atoms with van der Waals surface area (Å²) in [4.78, 5) is 0. The van der Waals surface area contributed by atoms with Crippen molar-refractivity contribution in [3.63, 3.8) is 0 Å². The molecule has 0 spiro atoms. The van der Waals surface area contributed by atoms with Crippen molar-refractivity contribution >= 4 is 13.1 Å². The Morgan fingerprint density at radius 3 is 2.40 bits per heavy atom. The molecule has 0 aromatic heterocycles. The Balaban J connectivity index is 2.85. The molecule has 0 amide bonds. The third-order valence-corrected chi connectivity index (χ3v) is 2.63. The van der Waals surface area contributed by atoms with Gasteiger partial charge in [0.05, 0.1) is 0 Å². The molecular weight excluding hydrogens is 145 g/mol. The topological polar surface area (TPSA) is 43.1 Å². The van der Waals surface area contributed by atoms with Gasteiger partial charge in [-0.05, 0) is 0 Å². The minimum Gasteiger partial charge on any atom is -0.324 e. The number of nitrogens with two attached hydrogens (primary N) is 1. The van der Waals surface area contributed by atoms with Crippen molar-refractivity contribution in [1.82, 2.24) is 0 Å². The lowest BCUT2D eigenvalue weighted by molar-refractivity contribution is 0.593. The van der Waals surface area contributed by atoms with Gasteiger partial charge in [0.15, 0.2) is 0 Å². The van der Waals surface area contributed by atoms with Crippen LogP contribution in [0.4, 0.5) is 0 Å². The van der Waals surface area contributed by atoms with E-state index in [0.29, 0.717) is 0 Å². The van der Waals surface area contributed by atoms with Gasteiger partial charge in [-0.25, -0.2) is 0 Å². The van der Waals surface area contributed by atoms with Crippen LogP contribution >= 0.6 is 7.80 Å². The van der Waals surface area contributed by atoms with Gasteiger partial charge in [0.2, 0.25) is 0 Å². The summed E-state index contributed by atoms with van der Waals surface area (Å²) in [7, 11) is -1.68. The van der Waals surface area contributed by atoms with Gasteiger partial charge in [-0.15, -0.1) is 0 Å². The molecule has 2 N–H and O–H groups in total. The van der Waals surface area contributed by atoms with Crippen molar-refractivity contribution in [3.05, 3.63) is 30.3 Å². The summed E-state index contributed by atoms with van der Waals surface area (Å²) in [5, 5.41) is 0.870. The lowest BCUT2D eigenvalue weighted by Crippen LogP contribution is -2.02. The van der Waals surface area contributed by atoms with Crippen molar-refractivity contribution < 1.29 is 4.57 Å². The van der Waals surface area contributed by atoms with Crippen LogP contribution in [-0.4, -0.2) is 6.29 Å². The number of benzene rings is 1. The molecule has 0 saturated heterocycles. The van der Waals surface area contributed by atoms with Crippen molar-refractivity contribution in [3.8, 4) is 0 Å². The Hall–Kier alpha value is -0.590. The van der Waals surface area contributed by atoms with Crippen LogP contribution in [0.1, 0.15) is 0 Å². The van der Waals surface area contributed by atoms with E-state index < -0.39 is 7.80 Å². The molecule has 54 valence electrons. The predicted octanol–water partition coefficient (Wildman–Crippen LogP) is 0.788. The molecule has 0 aliphatic rings. The lowest BCUT2D eigenvalue weighted by Gasteiger charge is -1.95. The highest BCUT2D eigenvalue weighted by Gasteiger charge is 1.96. The van der Waals surface area contributed by atoms with E-state index in [2.05, 4.69) is 0 Å². The first-order valence-corrected chi connectivity index (χ1v) is 4.74. The maximum absolute atomic E-state index is 11.1. The second kappa shape index (κ2) is 3.55. The standard InChI is InChI=1S/C7H10NOP/c8-6-10(9)7-4-2-1-3-5-7/h1-5,10H,6,8H2. The highest BCUT2D eigenvalue weighted by atomic mass is 31.1. The smallest absolute Gasteiger partial charge is 0.117 e. The van der Waals surface area contributed by atoms with E-state index in [1.807, 2.05) is 30.3 Å². The Labute approximate surface area is 60.8 Å². The summed E-state index contributed by atoms with van der Waals surface area (Å²) in [6.45, 7) is 0. The Bertz CT molecular complexity index is 222. The molecule has 2 nitrogen and oxygen atoms in total. The molecule has 1 atom stereocenters. The van der Waals surface area contributed by atoms with Gasteiger partial charge >= 0.3 is 0 Å². The Kier molecular flexibility index (Phi) is 2.67. The highest BCUT2D eigenvalue weighted by molar-refractivity contribution is 7.53. The van der Waals surface area contributed by atoms with Gasteiger partial charge in [0.1, 0.15) is 7.80 Å². The maximum atomic E-state index is 11.1. The molecule has 0 fully saturated rings. The van der Waals surface area contributed by atoms with Crippen LogP contribution < -0.4 is 11.0 Å². The second-order valence-electron chi connectivity index (χ2n) is 1.99. The summed E-state index contributed by atoms with van der Waals surface area (Å²) >= 11 is 0. The molecule has 10 heavy (non-hydrogen) atoms. The van der Waals surface area contributed by atoms with E-state index in [4.69, 9.17) is 5.73 Å². The molecule has 1 rings (SSSR count). The first kappa shape index (κ1) is 7.52. The molecule has 0 radical (unpaired) electrons. The first-order valence-electron chi connectivity index (χ1n) is 3.13. The monoisotopic (exact) mass is 155 g/mol. The zero-order valence-electron chi connectivity index (χ0n) is 5.58. The summed E-state index contributed by atoms with van der Waals surface area (Å²) in [6.07, 6.45) is 0.272. The first-order chi connectivity index (χ1) is 4.84. The van der Waals surface area contributed by atoms with E-state index in [-0.39, 0.29) is 6.29 Å². The van der Waals surface area contributed by atoms with Crippen LogP contribution in [-0.2, 0) is 4.57 Å². The van der Waals surface area contributed by atoms with E-state index in [1.165, 1.54) is 0 Å². The Morgan fingerprint density at radius 2 is 1.90 bits per heavy atom. The lowest BCUT2D eigenvalue weighted by atomic mass is 10.4. The van der Waals surface area contributed by atoms with Gasteiger partial charge in [-0.2, -0.15) is 0 Å². The summed E-state index contributed by atoms with van der Waals surface area (Å²) in [5.41, 5.74) is 5.24. The van der Waals surface area contributed by atoms with Crippen LogP contribution in [0.5, 0.6) is 0 Å². The SMILES string of the molecule is NC[PH](=O)c1ccccc1. The average molecular weight is 155 g/mol. The molecule has 0 heterocycles. The van der Waals surface area contributed by atoms with Crippen molar-refractivity contribution in [1.29, 1.82) is 0 Å². The van der Waals surface area contributed by atoms with Gasteiger partial charge in [0, 0.05) is 11.6 Å². The summed E-state index contributed by atoms with van der Waals surface area (Å²) in [6, 6.07) is 9.32. The van der Waals surface area contributed by atoms with E-state index in [9.17, 15) is 4.57 Å². The van der Waals surface area contributed by atoms with Gasteiger partial charge in [-0.1, -0.05) is 30.3 Å². The quantitative estimate of drug-likeness (QED) is 0.641. The van der Waals surface area contributed by atoms with Gasteiger partial charge < -0.3 is 10.3 Å². The largest absolute Gasteiger partial charge is 0.324 e. The van der Waals surface area contributed by atoms with Crippen molar-refractivity contribution in [2.75, 3.05) is 6.29 Å². The van der Waals surface area contributed by atoms with Gasteiger partial charge in [0.25, 0.3) is 0 Å². The van der Waals surface area contributed by atoms with E-state index in [0.717, 1.165) is 5.30 Å². The van der Waals surface area contributed by atoms with Crippen molar-refractivity contribution in [2.45, 2.75) is 0 Å². The maximum Gasteiger partial charge on any atom is 0.117 e. The molecule has 1 aromatic rings. The average Bonchev–Trinajstić information content (AvgIpc) is 2.05. The summed E-state index contributed by atoms with van der Waals surface area (Å²) in [5.74, 6) is 0. The zero-order valence-corrected chi connectivity index (χ0v) is 6.58. The molecular formula is C7H10NOP. The van der Waals surface area contributed by atoms with E-state index in [1.54, 1.807) is 0 Å². The van der Waals surface area contributed by atoms with Crippen LogP contribution in [0.3, 0.4) is 0 Å². The van der Waals surface area contributed by atoms with Crippen molar-refractivity contribution in [2.24, 2.45) is 5.73 Å².